The second kappa shape index (κ2) is 12.0. The summed E-state index contributed by atoms with van der Waals surface area (Å²) in [4.78, 5) is 19.1. The molecule has 0 unspecified atom stereocenters. The fourth-order valence-electron chi connectivity index (χ4n) is 4.94. The highest BCUT2D eigenvalue weighted by Crippen LogP contribution is 2.38. The van der Waals surface area contributed by atoms with Gasteiger partial charge >= 0.3 is 0 Å². The van der Waals surface area contributed by atoms with Gasteiger partial charge in [0.05, 0.1) is 35.2 Å². The minimum absolute atomic E-state index is 0.230. The van der Waals surface area contributed by atoms with Crippen LogP contribution in [0.1, 0.15) is 36.8 Å². The molecule has 4 rings (SSSR count). The number of aryl methyl sites for hydroxylation is 1. The summed E-state index contributed by atoms with van der Waals surface area (Å²) in [5.41, 5.74) is 2.29. The normalized spacial score (nSPS) is 15.1. The minimum Gasteiger partial charge on any atom is -0.497 e. The summed E-state index contributed by atoms with van der Waals surface area (Å²) in [5, 5.41) is 10.9. The molecule has 0 saturated carbocycles. The summed E-state index contributed by atoms with van der Waals surface area (Å²) in [5.74, 6) is 2.33. The molecule has 10 heteroatoms. The quantitative estimate of drug-likeness (QED) is 0.240. The van der Waals surface area contributed by atoms with Crippen molar-refractivity contribution in [3.63, 3.8) is 0 Å². The average molecular weight is 546 g/mol. The number of hydrogen-bond acceptors (Lipinski definition) is 5. The number of nitrogens with zero attached hydrogens (tertiary/aromatic N) is 2. The maximum absolute atomic E-state index is 13.8. The average Bonchev–Trinajstić information content (AvgIpc) is 2.91. The monoisotopic (exact) mass is 545 g/mol. The summed E-state index contributed by atoms with van der Waals surface area (Å²) < 4.78 is 46.1. The number of pyridine rings is 1. The molecule has 1 aliphatic heterocycles. The number of fused-ring (bicyclic) bond motifs is 1. The number of carbonyl (C=O) groups is 1. The Hall–Kier alpha value is -3.32. The molecule has 0 aliphatic carbocycles. The largest absolute Gasteiger partial charge is 0.497 e. The van der Waals surface area contributed by atoms with Gasteiger partial charge in [0.25, 0.3) is 0 Å². The lowest BCUT2D eigenvalue weighted by Gasteiger charge is -2.39. The van der Waals surface area contributed by atoms with Crippen LogP contribution in [0.5, 0.6) is 5.75 Å². The molecule has 1 amide bonds. The van der Waals surface area contributed by atoms with E-state index >= 15 is 0 Å². The Bertz CT molecular complexity index is 1380. The van der Waals surface area contributed by atoms with Gasteiger partial charge in [0.1, 0.15) is 23.2 Å². The summed E-state index contributed by atoms with van der Waals surface area (Å²) in [6, 6.07) is 6.77. The van der Waals surface area contributed by atoms with Gasteiger partial charge in [0, 0.05) is 36.8 Å². The predicted molar refractivity (Wildman–Crippen MR) is 137 cm³/mol. The Morgan fingerprint density at radius 3 is 2.58 bits per heavy atom. The van der Waals surface area contributed by atoms with Crippen LogP contribution in [0.3, 0.4) is 0 Å². The fraction of sp³-hybridized carbons (Fsp3) is 0.357. The molecule has 0 radical (unpaired) electrons. The molecular weight excluding hydrogens is 519 g/mol. The Kier molecular flexibility index (Phi) is 8.77. The van der Waals surface area contributed by atoms with E-state index < -0.39 is 34.3 Å². The molecule has 6 nitrogen and oxygen atoms in total. The number of rotatable bonds is 7. The molecule has 1 saturated heterocycles. The highest BCUT2D eigenvalue weighted by Gasteiger charge is 2.40. The fourth-order valence-corrected chi connectivity index (χ4v) is 5.18. The highest BCUT2D eigenvalue weighted by molar-refractivity contribution is 6.32. The van der Waals surface area contributed by atoms with Crippen LogP contribution in [-0.4, -0.2) is 47.7 Å². The third-order valence-electron chi connectivity index (χ3n) is 7.14. The Morgan fingerprint density at radius 1 is 1.21 bits per heavy atom. The van der Waals surface area contributed by atoms with Crippen LogP contribution in [0.15, 0.2) is 36.5 Å². The van der Waals surface area contributed by atoms with E-state index in [9.17, 15) is 23.2 Å². The van der Waals surface area contributed by atoms with E-state index in [4.69, 9.17) is 16.3 Å². The first-order valence-corrected chi connectivity index (χ1v) is 12.6. The van der Waals surface area contributed by atoms with Crippen molar-refractivity contribution in [1.29, 1.82) is 0 Å². The minimum atomic E-state index is -1.05. The molecular formula is C28H27ClF3N3O3. The van der Waals surface area contributed by atoms with Gasteiger partial charge in [-0.1, -0.05) is 23.4 Å². The summed E-state index contributed by atoms with van der Waals surface area (Å²) in [6.07, 6.45) is 4.33. The Morgan fingerprint density at radius 2 is 1.92 bits per heavy atom. The van der Waals surface area contributed by atoms with Gasteiger partial charge in [-0.15, -0.1) is 0 Å². The zero-order valence-electron chi connectivity index (χ0n) is 20.8. The first kappa shape index (κ1) is 27.7. The van der Waals surface area contributed by atoms with E-state index in [0.29, 0.717) is 68.1 Å². The number of likely N-dealkylation sites (tertiary alicyclic amines) is 1. The molecule has 1 aliphatic rings. The van der Waals surface area contributed by atoms with Gasteiger partial charge in [0.15, 0.2) is 0 Å². The van der Waals surface area contributed by atoms with E-state index in [-0.39, 0.29) is 6.54 Å². The molecule has 2 aromatic carbocycles. The van der Waals surface area contributed by atoms with Crippen LogP contribution in [0.25, 0.3) is 10.9 Å². The zero-order chi connectivity index (χ0) is 27.3. The third-order valence-corrected chi connectivity index (χ3v) is 7.46. The van der Waals surface area contributed by atoms with Crippen molar-refractivity contribution in [2.75, 3.05) is 26.7 Å². The number of hydroxylamine groups is 1. The number of nitrogens with one attached hydrogen (secondary N) is 1. The molecule has 1 fully saturated rings. The van der Waals surface area contributed by atoms with Crippen LogP contribution in [0.4, 0.5) is 13.2 Å². The maximum Gasteiger partial charge on any atom is 0.249 e. The van der Waals surface area contributed by atoms with Crippen LogP contribution >= 0.6 is 11.6 Å². The van der Waals surface area contributed by atoms with Gasteiger partial charge in [-0.05, 0) is 55.9 Å². The molecule has 3 aromatic rings. The van der Waals surface area contributed by atoms with Crippen LogP contribution < -0.4 is 10.2 Å². The van der Waals surface area contributed by atoms with E-state index in [1.807, 2.05) is 28.6 Å². The van der Waals surface area contributed by atoms with Crippen molar-refractivity contribution < 1.29 is 27.9 Å². The molecule has 0 atom stereocenters. The number of hydrogen-bond donors (Lipinski definition) is 2. The van der Waals surface area contributed by atoms with Gasteiger partial charge in [0.2, 0.25) is 5.91 Å². The van der Waals surface area contributed by atoms with E-state index in [0.717, 1.165) is 16.5 Å². The number of piperidine rings is 1. The second-order valence-corrected chi connectivity index (χ2v) is 9.77. The van der Waals surface area contributed by atoms with Crippen molar-refractivity contribution >= 4 is 28.4 Å². The summed E-state index contributed by atoms with van der Waals surface area (Å²) >= 11 is 6.48. The van der Waals surface area contributed by atoms with Crippen molar-refractivity contribution in [1.82, 2.24) is 15.4 Å². The van der Waals surface area contributed by atoms with Crippen molar-refractivity contribution in [2.24, 2.45) is 5.41 Å². The predicted octanol–water partition coefficient (Wildman–Crippen LogP) is 5.28. The number of methoxy groups -OCH3 is 1. The molecule has 2 N–H and O–H groups in total. The summed E-state index contributed by atoms with van der Waals surface area (Å²) in [7, 11) is 1.59. The number of benzene rings is 2. The van der Waals surface area contributed by atoms with E-state index in [2.05, 4.69) is 16.8 Å². The third kappa shape index (κ3) is 6.04. The second-order valence-electron chi connectivity index (χ2n) is 9.36. The lowest BCUT2D eigenvalue weighted by molar-refractivity contribution is -0.143. The lowest BCUT2D eigenvalue weighted by Crippen LogP contribution is -2.48. The van der Waals surface area contributed by atoms with Crippen LogP contribution in [-0.2, 0) is 11.2 Å². The number of halogens is 4. The molecule has 0 spiro atoms. The molecule has 2 heterocycles. The van der Waals surface area contributed by atoms with Crippen LogP contribution in [0, 0.1) is 34.7 Å². The number of ether oxygens (including phenoxy) is 1. The Balaban J connectivity index is 1.41. The topological polar surface area (TPSA) is 74.7 Å². The molecule has 1 aromatic heterocycles. The molecule has 38 heavy (non-hydrogen) atoms. The van der Waals surface area contributed by atoms with Gasteiger partial charge in [-0.25, -0.2) is 18.7 Å². The Labute approximate surface area is 223 Å². The lowest BCUT2D eigenvalue weighted by atomic mass is 9.73. The standard InChI is InChI=1S/C28H27ClF3N3O3/c1-38-19-6-7-26-22(16-19)20(23(29)17-33-26)4-2-8-28(27(36)34-37)9-12-35(13-10-28)11-3-5-21-24(31)14-18(30)15-25(21)32/h6-7,14-17,37H,2,4,8-13H2,1H3,(H,34,36). The van der Waals surface area contributed by atoms with Gasteiger partial charge < -0.3 is 4.74 Å². The zero-order valence-corrected chi connectivity index (χ0v) is 21.5. The van der Waals surface area contributed by atoms with E-state index in [1.165, 1.54) is 0 Å². The number of aromatic nitrogens is 1. The van der Waals surface area contributed by atoms with Gasteiger partial charge in [-0.2, -0.15) is 0 Å². The molecule has 0 bridgehead atoms. The van der Waals surface area contributed by atoms with Crippen molar-refractivity contribution in [3.05, 3.63) is 70.1 Å². The maximum atomic E-state index is 13.8. The van der Waals surface area contributed by atoms with Gasteiger partial charge in [-0.3, -0.25) is 19.9 Å². The summed E-state index contributed by atoms with van der Waals surface area (Å²) in [6.45, 7) is 1.24. The van der Waals surface area contributed by atoms with Crippen LogP contribution in [0.2, 0.25) is 5.02 Å². The number of amides is 1. The number of carbonyl (C=O) groups excluding carboxylic acids is 1. The SMILES string of the molecule is COc1ccc2ncc(Cl)c(CCCC3(C(=O)NO)CCN(CC#Cc4c(F)cc(F)cc4F)CC3)c2c1. The first-order valence-electron chi connectivity index (χ1n) is 12.2. The smallest absolute Gasteiger partial charge is 0.249 e. The van der Waals surface area contributed by atoms with E-state index in [1.54, 1.807) is 13.3 Å². The van der Waals surface area contributed by atoms with Crippen molar-refractivity contribution in [2.45, 2.75) is 32.1 Å². The highest BCUT2D eigenvalue weighted by atomic mass is 35.5. The first-order chi connectivity index (χ1) is 18.3. The molecule has 200 valence electrons. The van der Waals surface area contributed by atoms with Crippen molar-refractivity contribution in [3.8, 4) is 17.6 Å².